The number of anilines is 2. The van der Waals surface area contributed by atoms with Gasteiger partial charge in [0, 0.05) is 0 Å². The van der Waals surface area contributed by atoms with Crippen LogP contribution in [0.25, 0.3) is 0 Å². The van der Waals surface area contributed by atoms with Crippen molar-refractivity contribution in [1.82, 2.24) is 9.80 Å². The number of benzene rings is 1. The van der Waals surface area contributed by atoms with Gasteiger partial charge in [0.1, 0.15) is 0 Å². The standard InChI is InChI=1S/C20H27N4.3BrH.Pt/c1-3-5-10-21-12-14-23(17-21)19-8-7-9-20(16-19)24-15-13-22(18-24)11-6-4-2;;;;/h7-9,12-15,17-18H,3-6,10-11H2,1-2H3;3*1H;/q-3;;;;+3/p-3. The number of unbranched alkanes of at least 4 members (excludes halogenated alkanes) is 2. The molecular weight excluding hydrogens is 731 g/mol. The van der Waals surface area contributed by atoms with Crippen LogP contribution in [0.4, 0.5) is 11.4 Å². The van der Waals surface area contributed by atoms with Crippen molar-refractivity contribution in [2.45, 2.75) is 39.5 Å². The quantitative estimate of drug-likeness (QED) is 0.264. The molecule has 2 aliphatic rings. The van der Waals surface area contributed by atoms with Gasteiger partial charge >= 0.3 is 51.0 Å². The van der Waals surface area contributed by atoms with Crippen LogP contribution in [0.2, 0.25) is 0 Å². The third kappa shape index (κ3) is 8.41. The predicted octanol–water partition coefficient (Wildman–Crippen LogP) is 7.05. The van der Waals surface area contributed by atoms with Crippen LogP contribution in [-0.2, 0) is 11.1 Å². The number of halogens is 3. The Morgan fingerprint density at radius 2 is 1.25 bits per heavy atom. The number of hydrogen-bond donors (Lipinski definition) is 0. The maximum atomic E-state index is 3.52. The van der Waals surface area contributed by atoms with Crippen LogP contribution >= 0.6 is 39.9 Å². The van der Waals surface area contributed by atoms with Crippen molar-refractivity contribution in [3.63, 3.8) is 0 Å². The molecule has 28 heavy (non-hydrogen) atoms. The van der Waals surface area contributed by atoms with E-state index in [0.717, 1.165) is 24.5 Å². The van der Waals surface area contributed by atoms with Crippen LogP contribution in [0.15, 0.2) is 43.0 Å². The van der Waals surface area contributed by atoms with E-state index in [-0.39, 0.29) is 0 Å². The Kier molecular flexibility index (Phi) is 11.6. The third-order valence-electron chi connectivity index (χ3n) is 4.24. The van der Waals surface area contributed by atoms with Gasteiger partial charge in [0.15, 0.2) is 0 Å². The molecule has 0 bridgehead atoms. The van der Waals surface area contributed by atoms with Gasteiger partial charge in [0.2, 0.25) is 0 Å². The summed E-state index contributed by atoms with van der Waals surface area (Å²) in [5.74, 6) is 0. The molecule has 0 N–H and O–H groups in total. The van der Waals surface area contributed by atoms with Gasteiger partial charge in [-0.15, -0.1) is 29.6 Å². The first-order chi connectivity index (χ1) is 13.5. The van der Waals surface area contributed by atoms with Gasteiger partial charge in [-0.1, -0.05) is 26.7 Å². The van der Waals surface area contributed by atoms with E-state index in [1.54, 1.807) is 0 Å². The second-order valence-electron chi connectivity index (χ2n) is 6.38. The van der Waals surface area contributed by atoms with Crippen LogP contribution < -0.4 is 9.80 Å². The summed E-state index contributed by atoms with van der Waals surface area (Å²) in [6.07, 6.45) is 13.3. The second kappa shape index (κ2) is 13.4. The first-order valence-electron chi connectivity index (χ1n) is 9.33. The molecule has 0 aliphatic carbocycles. The summed E-state index contributed by atoms with van der Waals surface area (Å²) in [5, 5.41) is 0. The van der Waals surface area contributed by atoms with E-state index >= 15 is 0 Å². The molecule has 1 aromatic carbocycles. The van der Waals surface area contributed by atoms with Crippen LogP contribution in [-0.4, -0.2) is 22.9 Å². The molecule has 2 heterocycles. The zero-order chi connectivity index (χ0) is 20.4. The van der Waals surface area contributed by atoms with Crippen LogP contribution in [0.3, 0.4) is 0 Å². The van der Waals surface area contributed by atoms with Gasteiger partial charge in [-0.3, -0.25) is 0 Å². The minimum absolute atomic E-state index is 0.831. The molecule has 2 aliphatic heterocycles. The SMILES string of the molecule is CCCCN1C=CN(c2[c-]c(N3C=CN(CCCC)[CH-]3)ccc2)[CH-]1.[Br][Pt]([Br])[Br]. The Labute approximate surface area is 195 Å². The third-order valence-corrected chi connectivity index (χ3v) is 4.24. The number of rotatable bonds is 8. The van der Waals surface area contributed by atoms with Crippen molar-refractivity contribution in [1.29, 1.82) is 0 Å². The number of nitrogens with zero attached hydrogens (tertiary/aromatic N) is 4. The molecule has 0 saturated carbocycles. The van der Waals surface area contributed by atoms with E-state index < -0.39 is 11.1 Å². The summed E-state index contributed by atoms with van der Waals surface area (Å²) in [7, 11) is 0. The van der Waals surface area contributed by atoms with Crippen molar-refractivity contribution < 1.29 is 11.1 Å². The van der Waals surface area contributed by atoms with Crippen molar-refractivity contribution in [2.24, 2.45) is 0 Å². The Bertz CT molecular complexity index is 592. The molecule has 0 atom stereocenters. The van der Waals surface area contributed by atoms with Gasteiger partial charge in [0.05, 0.1) is 0 Å². The van der Waals surface area contributed by atoms with Crippen molar-refractivity contribution in [3.05, 3.63) is 62.4 Å². The van der Waals surface area contributed by atoms with Crippen LogP contribution in [0, 0.1) is 19.4 Å². The monoisotopic (exact) mass is 755 g/mol. The maximum absolute atomic E-state index is 3.52. The second-order valence-corrected chi connectivity index (χ2v) is 36.2. The summed E-state index contributed by atoms with van der Waals surface area (Å²) in [6, 6.07) is 9.81. The summed E-state index contributed by atoms with van der Waals surface area (Å²) >= 11 is 8.95. The Balaban J connectivity index is 0.000000640. The molecule has 0 amide bonds. The molecular formula is C20H27Br3N4Pt-3. The summed E-state index contributed by atoms with van der Waals surface area (Å²) in [4.78, 5) is 8.73. The van der Waals surface area contributed by atoms with Gasteiger partial charge in [0.25, 0.3) is 0 Å². The first kappa shape index (κ1) is 24.3. The fraction of sp³-hybridized carbons (Fsp3) is 0.400. The Hall–Kier alpha value is 0.0283. The van der Waals surface area contributed by atoms with Gasteiger partial charge in [-0.05, 0) is 50.7 Å². The predicted molar refractivity (Wildman–Crippen MR) is 127 cm³/mol. The van der Waals surface area contributed by atoms with E-state index in [2.05, 4.69) is 136 Å². The topological polar surface area (TPSA) is 13.0 Å². The molecule has 1 aromatic rings. The molecule has 0 saturated heterocycles. The molecule has 0 unspecified atom stereocenters. The molecule has 3 rings (SSSR count). The first-order valence-corrected chi connectivity index (χ1v) is 24.2. The fourth-order valence-electron chi connectivity index (χ4n) is 2.77. The zero-order valence-electron chi connectivity index (χ0n) is 16.2. The summed E-state index contributed by atoms with van der Waals surface area (Å²) in [6.45, 7) is 10.9. The van der Waals surface area contributed by atoms with Gasteiger partial charge < -0.3 is 19.6 Å². The van der Waals surface area contributed by atoms with E-state index in [1.165, 1.54) is 25.7 Å². The normalized spacial score (nSPS) is 16.0. The molecule has 0 fully saturated rings. The molecule has 161 valence electrons. The van der Waals surface area contributed by atoms with Gasteiger partial charge in [-0.2, -0.15) is 19.4 Å². The number of hydrogen-bond acceptors (Lipinski definition) is 4. The van der Waals surface area contributed by atoms with E-state index in [4.69, 9.17) is 0 Å². The van der Waals surface area contributed by atoms with Crippen molar-refractivity contribution in [3.8, 4) is 0 Å². The minimum atomic E-state index is -0.831. The van der Waals surface area contributed by atoms with E-state index in [1.807, 2.05) is 0 Å². The Morgan fingerprint density at radius 3 is 1.64 bits per heavy atom. The van der Waals surface area contributed by atoms with Crippen molar-refractivity contribution in [2.75, 3.05) is 22.9 Å². The van der Waals surface area contributed by atoms with Crippen LogP contribution in [0.1, 0.15) is 39.5 Å². The van der Waals surface area contributed by atoms with E-state index in [0.29, 0.717) is 0 Å². The molecule has 0 radical (unpaired) electrons. The fourth-order valence-corrected chi connectivity index (χ4v) is 2.77. The summed E-state index contributed by atoms with van der Waals surface area (Å²) < 4.78 is 0. The van der Waals surface area contributed by atoms with Gasteiger partial charge in [-0.25, -0.2) is 0 Å². The Morgan fingerprint density at radius 1 is 0.821 bits per heavy atom. The van der Waals surface area contributed by atoms with Crippen LogP contribution in [0.5, 0.6) is 0 Å². The molecule has 8 heteroatoms. The van der Waals surface area contributed by atoms with E-state index in [9.17, 15) is 0 Å². The summed E-state index contributed by atoms with van der Waals surface area (Å²) in [5.41, 5.74) is 2.13. The van der Waals surface area contributed by atoms with Crippen molar-refractivity contribution >= 4 is 51.3 Å². The molecule has 0 aromatic heterocycles. The molecule has 0 spiro atoms. The average molecular weight is 758 g/mol. The molecule has 4 nitrogen and oxygen atoms in total. The average Bonchev–Trinajstić information content (AvgIpc) is 3.34. The zero-order valence-corrected chi connectivity index (χ0v) is 23.2.